The van der Waals surface area contributed by atoms with E-state index >= 15 is 0 Å². The summed E-state index contributed by atoms with van der Waals surface area (Å²) in [6.45, 7) is 3.27. The molecule has 0 radical (unpaired) electrons. The molecule has 0 spiro atoms. The molecular formula is C10H21N5O2S. The molecule has 0 aliphatic carbocycles. The SMILES string of the molecule is CNCc1c(S(=O)(=O)NCCN(C)C)n[nH]c1C. The van der Waals surface area contributed by atoms with Gasteiger partial charge < -0.3 is 10.2 Å². The fourth-order valence-corrected chi connectivity index (χ4v) is 2.72. The third-order valence-electron chi connectivity index (χ3n) is 2.50. The van der Waals surface area contributed by atoms with Crippen LogP contribution in [0.1, 0.15) is 11.3 Å². The van der Waals surface area contributed by atoms with Crippen molar-refractivity contribution in [2.75, 3.05) is 34.2 Å². The molecule has 3 N–H and O–H groups in total. The minimum atomic E-state index is -3.55. The molecular weight excluding hydrogens is 254 g/mol. The first-order valence-electron chi connectivity index (χ1n) is 5.71. The second kappa shape index (κ2) is 6.28. The Labute approximate surface area is 108 Å². The molecule has 1 aromatic heterocycles. The lowest BCUT2D eigenvalue weighted by atomic mass is 10.3. The van der Waals surface area contributed by atoms with Crippen LogP contribution in [-0.4, -0.2) is 57.7 Å². The number of aromatic nitrogens is 2. The van der Waals surface area contributed by atoms with Crippen molar-refractivity contribution in [2.45, 2.75) is 18.5 Å². The second-order valence-corrected chi connectivity index (χ2v) is 6.05. The van der Waals surface area contributed by atoms with Crippen LogP contribution in [-0.2, 0) is 16.6 Å². The van der Waals surface area contributed by atoms with Crippen LogP contribution in [0, 0.1) is 6.92 Å². The minimum absolute atomic E-state index is 0.0770. The number of sulfonamides is 1. The molecule has 1 rings (SSSR count). The van der Waals surface area contributed by atoms with Gasteiger partial charge in [0.15, 0.2) is 5.03 Å². The van der Waals surface area contributed by atoms with E-state index in [0.29, 0.717) is 25.2 Å². The molecule has 1 aromatic rings. The average Bonchev–Trinajstić information content (AvgIpc) is 2.61. The zero-order valence-electron chi connectivity index (χ0n) is 11.2. The van der Waals surface area contributed by atoms with Crippen molar-refractivity contribution in [3.05, 3.63) is 11.3 Å². The molecule has 1 heterocycles. The van der Waals surface area contributed by atoms with Crippen molar-refractivity contribution < 1.29 is 8.42 Å². The van der Waals surface area contributed by atoms with Gasteiger partial charge in [-0.15, -0.1) is 0 Å². The molecule has 0 aromatic carbocycles. The molecule has 0 amide bonds. The van der Waals surface area contributed by atoms with E-state index in [2.05, 4.69) is 20.2 Å². The fourth-order valence-electron chi connectivity index (χ4n) is 1.51. The highest BCUT2D eigenvalue weighted by Gasteiger charge is 2.22. The topological polar surface area (TPSA) is 90.1 Å². The predicted octanol–water partition coefficient (Wildman–Crippen LogP) is -0.723. The highest BCUT2D eigenvalue weighted by Crippen LogP contribution is 2.15. The summed E-state index contributed by atoms with van der Waals surface area (Å²) >= 11 is 0. The Morgan fingerprint density at radius 3 is 2.61 bits per heavy atom. The van der Waals surface area contributed by atoms with Crippen molar-refractivity contribution in [3.8, 4) is 0 Å². The highest BCUT2D eigenvalue weighted by molar-refractivity contribution is 7.89. The van der Waals surface area contributed by atoms with Gasteiger partial charge in [-0.2, -0.15) is 5.10 Å². The largest absolute Gasteiger partial charge is 0.316 e. The van der Waals surface area contributed by atoms with Crippen LogP contribution in [0.5, 0.6) is 0 Å². The first-order valence-corrected chi connectivity index (χ1v) is 7.19. The molecule has 0 saturated carbocycles. The molecule has 7 nitrogen and oxygen atoms in total. The summed E-state index contributed by atoms with van der Waals surface area (Å²) in [5.74, 6) is 0. The number of nitrogens with one attached hydrogen (secondary N) is 3. The van der Waals surface area contributed by atoms with Gasteiger partial charge in [0.1, 0.15) is 0 Å². The number of hydrogen-bond donors (Lipinski definition) is 3. The zero-order valence-corrected chi connectivity index (χ0v) is 12.1. The van der Waals surface area contributed by atoms with E-state index in [-0.39, 0.29) is 5.03 Å². The molecule has 104 valence electrons. The molecule has 0 aliphatic rings. The monoisotopic (exact) mass is 275 g/mol. The second-order valence-electron chi connectivity index (χ2n) is 4.36. The first kappa shape index (κ1) is 15.1. The van der Waals surface area contributed by atoms with Gasteiger partial charge in [-0.3, -0.25) is 5.10 Å². The Kier molecular flexibility index (Phi) is 5.27. The van der Waals surface area contributed by atoms with Gasteiger partial charge >= 0.3 is 0 Å². The van der Waals surface area contributed by atoms with Crippen LogP contribution in [0.25, 0.3) is 0 Å². The maximum atomic E-state index is 12.1. The molecule has 0 unspecified atom stereocenters. The smallest absolute Gasteiger partial charge is 0.260 e. The Hall–Kier alpha value is -0.960. The third-order valence-corrected chi connectivity index (χ3v) is 3.93. The number of hydrogen-bond acceptors (Lipinski definition) is 5. The number of rotatable bonds is 7. The summed E-state index contributed by atoms with van der Waals surface area (Å²) in [4.78, 5) is 1.91. The van der Waals surface area contributed by atoms with Crippen LogP contribution in [0.4, 0.5) is 0 Å². The van der Waals surface area contributed by atoms with Gasteiger partial charge in [-0.05, 0) is 28.1 Å². The maximum Gasteiger partial charge on any atom is 0.260 e. The van der Waals surface area contributed by atoms with Crippen molar-refractivity contribution in [1.29, 1.82) is 0 Å². The van der Waals surface area contributed by atoms with Crippen LogP contribution in [0.3, 0.4) is 0 Å². The van der Waals surface area contributed by atoms with Crippen LogP contribution in [0.15, 0.2) is 5.03 Å². The summed E-state index contributed by atoms with van der Waals surface area (Å²) in [7, 11) is 2.00. The summed E-state index contributed by atoms with van der Waals surface area (Å²) < 4.78 is 26.7. The predicted molar refractivity (Wildman–Crippen MR) is 69.8 cm³/mol. The highest BCUT2D eigenvalue weighted by atomic mass is 32.2. The standard InChI is InChI=1S/C10H21N5O2S/c1-8-9(7-11-2)10(14-13-8)18(16,17)12-5-6-15(3)4/h11-12H,5-7H2,1-4H3,(H,13,14). The van der Waals surface area contributed by atoms with Crippen LogP contribution in [0.2, 0.25) is 0 Å². The van der Waals surface area contributed by atoms with Crippen molar-refractivity contribution >= 4 is 10.0 Å². The number of likely N-dealkylation sites (N-methyl/N-ethyl adjacent to an activating group) is 1. The molecule has 0 saturated heterocycles. The van der Waals surface area contributed by atoms with E-state index in [4.69, 9.17) is 0 Å². The summed E-state index contributed by atoms with van der Waals surface area (Å²) in [5.41, 5.74) is 1.44. The van der Waals surface area contributed by atoms with Gasteiger partial charge in [0, 0.05) is 30.9 Å². The maximum absolute atomic E-state index is 12.1. The molecule has 18 heavy (non-hydrogen) atoms. The number of aryl methyl sites for hydroxylation is 1. The van der Waals surface area contributed by atoms with E-state index in [1.165, 1.54) is 0 Å². The number of aromatic amines is 1. The molecule has 0 bridgehead atoms. The summed E-state index contributed by atoms with van der Waals surface area (Å²) in [5, 5.41) is 9.60. The fraction of sp³-hybridized carbons (Fsp3) is 0.700. The molecule has 0 aliphatic heterocycles. The van der Waals surface area contributed by atoms with Gasteiger partial charge in [-0.25, -0.2) is 13.1 Å². The van der Waals surface area contributed by atoms with E-state index in [0.717, 1.165) is 5.69 Å². The summed E-state index contributed by atoms with van der Waals surface area (Å²) in [6.07, 6.45) is 0. The Bertz CT molecular complexity index is 480. The lowest BCUT2D eigenvalue weighted by Crippen LogP contribution is -2.32. The van der Waals surface area contributed by atoms with E-state index in [9.17, 15) is 8.42 Å². The van der Waals surface area contributed by atoms with E-state index < -0.39 is 10.0 Å². The Morgan fingerprint density at radius 1 is 1.39 bits per heavy atom. The van der Waals surface area contributed by atoms with Crippen molar-refractivity contribution in [3.63, 3.8) is 0 Å². The third kappa shape index (κ3) is 3.77. The Morgan fingerprint density at radius 2 is 2.06 bits per heavy atom. The van der Waals surface area contributed by atoms with Gasteiger partial charge in [-0.1, -0.05) is 0 Å². The average molecular weight is 275 g/mol. The van der Waals surface area contributed by atoms with E-state index in [1.807, 2.05) is 19.0 Å². The molecule has 0 fully saturated rings. The number of nitrogens with zero attached hydrogens (tertiary/aromatic N) is 2. The minimum Gasteiger partial charge on any atom is -0.316 e. The first-order chi connectivity index (χ1) is 8.38. The Balaban J connectivity index is 2.84. The van der Waals surface area contributed by atoms with E-state index in [1.54, 1.807) is 14.0 Å². The quantitative estimate of drug-likeness (QED) is 0.611. The van der Waals surface area contributed by atoms with Gasteiger partial charge in [0.2, 0.25) is 0 Å². The van der Waals surface area contributed by atoms with Gasteiger partial charge in [0.05, 0.1) is 0 Å². The molecule has 0 atom stereocenters. The lowest BCUT2D eigenvalue weighted by molar-refractivity contribution is 0.412. The van der Waals surface area contributed by atoms with Crippen molar-refractivity contribution in [2.24, 2.45) is 0 Å². The normalized spacial score (nSPS) is 12.3. The number of H-pyrrole nitrogens is 1. The van der Waals surface area contributed by atoms with Gasteiger partial charge in [0.25, 0.3) is 10.0 Å². The lowest BCUT2D eigenvalue weighted by Gasteiger charge is -2.10. The molecule has 8 heteroatoms. The van der Waals surface area contributed by atoms with Crippen molar-refractivity contribution in [1.82, 2.24) is 25.1 Å². The van der Waals surface area contributed by atoms with Crippen LogP contribution >= 0.6 is 0 Å². The van der Waals surface area contributed by atoms with Crippen LogP contribution < -0.4 is 10.0 Å². The summed E-state index contributed by atoms with van der Waals surface area (Å²) in [6, 6.07) is 0. The zero-order chi connectivity index (χ0) is 13.8.